The van der Waals surface area contributed by atoms with Gasteiger partial charge in [0.25, 0.3) is 5.56 Å². The summed E-state index contributed by atoms with van der Waals surface area (Å²) in [5, 5.41) is 8.24. The van der Waals surface area contributed by atoms with Crippen LogP contribution in [0.25, 0.3) is 21.8 Å². The molecular weight excluding hydrogens is 334 g/mol. The molecule has 4 aromatic rings. The van der Waals surface area contributed by atoms with Crippen molar-refractivity contribution < 1.29 is 4.79 Å². The number of aromatic amines is 2. The van der Waals surface area contributed by atoms with Crippen molar-refractivity contribution >= 4 is 33.4 Å². The minimum atomic E-state index is -0.383. The fourth-order valence-electron chi connectivity index (χ4n) is 2.96. The van der Waals surface area contributed by atoms with Gasteiger partial charge < -0.3 is 15.3 Å². The lowest BCUT2D eigenvalue weighted by Gasteiger charge is -2.09. The zero-order valence-electron chi connectivity index (χ0n) is 13.9. The van der Waals surface area contributed by atoms with E-state index in [4.69, 9.17) is 0 Å². The van der Waals surface area contributed by atoms with Crippen LogP contribution in [-0.4, -0.2) is 25.7 Å². The van der Waals surface area contributed by atoms with Gasteiger partial charge in [0, 0.05) is 11.1 Å². The highest BCUT2D eigenvalue weighted by molar-refractivity contribution is 5.93. The van der Waals surface area contributed by atoms with E-state index < -0.39 is 0 Å². The summed E-state index contributed by atoms with van der Waals surface area (Å²) >= 11 is 0. The van der Waals surface area contributed by atoms with Crippen LogP contribution in [0.15, 0.2) is 52.1 Å². The van der Waals surface area contributed by atoms with E-state index >= 15 is 0 Å². The molecule has 0 saturated carbocycles. The van der Waals surface area contributed by atoms with Crippen molar-refractivity contribution in [3.8, 4) is 0 Å². The summed E-state index contributed by atoms with van der Waals surface area (Å²) < 4.78 is 1.16. The Hall–Kier alpha value is -3.68. The number of fused-ring (bicyclic) bond motifs is 2. The lowest BCUT2D eigenvalue weighted by atomic mass is 10.1. The Morgan fingerprint density at radius 2 is 1.81 bits per heavy atom. The second-order valence-electron chi connectivity index (χ2n) is 5.98. The lowest BCUT2D eigenvalue weighted by Crippen LogP contribution is -2.30. The predicted octanol–water partition coefficient (Wildman–Crippen LogP) is 1.51. The second-order valence-corrected chi connectivity index (χ2v) is 5.98. The van der Waals surface area contributed by atoms with E-state index in [0.717, 1.165) is 10.1 Å². The van der Waals surface area contributed by atoms with E-state index in [2.05, 4.69) is 20.4 Å². The van der Waals surface area contributed by atoms with Gasteiger partial charge in [0.15, 0.2) is 0 Å². The zero-order valence-corrected chi connectivity index (χ0v) is 13.9. The van der Waals surface area contributed by atoms with Gasteiger partial charge in [-0.15, -0.1) is 0 Å². The van der Waals surface area contributed by atoms with Crippen molar-refractivity contribution in [2.45, 2.75) is 13.5 Å². The Kier molecular flexibility index (Phi) is 3.65. The van der Waals surface area contributed by atoms with Crippen LogP contribution in [0.1, 0.15) is 5.69 Å². The fraction of sp³-hybridized carbons (Fsp3) is 0.111. The first-order valence-corrected chi connectivity index (χ1v) is 7.99. The molecule has 2 aromatic carbocycles. The molecule has 8 nitrogen and oxygen atoms in total. The smallest absolute Gasteiger partial charge is 0.323 e. The number of hydrogen-bond acceptors (Lipinski definition) is 4. The third kappa shape index (κ3) is 2.77. The maximum absolute atomic E-state index is 12.5. The SMILES string of the molecule is Cc1nn(CC(=O)Nc2ccc3[nH]c(=O)[nH]c3c2)c(=O)c2ccccc12. The van der Waals surface area contributed by atoms with Gasteiger partial charge in [-0.1, -0.05) is 18.2 Å². The molecule has 2 aromatic heterocycles. The molecule has 4 rings (SSSR count). The van der Waals surface area contributed by atoms with E-state index in [1.54, 1.807) is 37.3 Å². The highest BCUT2D eigenvalue weighted by atomic mass is 16.2. The van der Waals surface area contributed by atoms with Crippen LogP contribution in [-0.2, 0) is 11.3 Å². The molecule has 0 spiro atoms. The number of nitrogens with zero attached hydrogens (tertiary/aromatic N) is 2. The molecule has 0 aliphatic carbocycles. The van der Waals surface area contributed by atoms with Gasteiger partial charge in [-0.05, 0) is 31.2 Å². The Morgan fingerprint density at radius 3 is 2.62 bits per heavy atom. The average Bonchev–Trinajstić information content (AvgIpc) is 2.99. The zero-order chi connectivity index (χ0) is 18.3. The van der Waals surface area contributed by atoms with Crippen LogP contribution in [0, 0.1) is 6.92 Å². The number of carbonyl (C=O) groups is 1. The molecule has 0 aliphatic rings. The summed E-state index contributed by atoms with van der Waals surface area (Å²) in [5.74, 6) is -0.383. The minimum absolute atomic E-state index is 0.202. The van der Waals surface area contributed by atoms with Gasteiger partial charge in [0.1, 0.15) is 6.54 Å². The number of imidazole rings is 1. The van der Waals surface area contributed by atoms with E-state index in [1.807, 2.05) is 12.1 Å². The van der Waals surface area contributed by atoms with Gasteiger partial charge in [0.2, 0.25) is 5.91 Å². The van der Waals surface area contributed by atoms with Crippen molar-refractivity contribution in [3.63, 3.8) is 0 Å². The minimum Gasteiger partial charge on any atom is -0.324 e. The number of carbonyl (C=O) groups excluding carboxylic acids is 1. The van der Waals surface area contributed by atoms with E-state index in [9.17, 15) is 14.4 Å². The Balaban J connectivity index is 1.61. The highest BCUT2D eigenvalue weighted by Crippen LogP contribution is 2.15. The molecule has 8 heteroatoms. The van der Waals surface area contributed by atoms with Crippen LogP contribution >= 0.6 is 0 Å². The third-order valence-electron chi connectivity index (χ3n) is 4.15. The number of aromatic nitrogens is 4. The summed E-state index contributed by atoms with van der Waals surface area (Å²) in [7, 11) is 0. The number of nitrogens with one attached hydrogen (secondary N) is 3. The summed E-state index contributed by atoms with van der Waals surface area (Å²) in [5.41, 5.74) is 1.81. The van der Waals surface area contributed by atoms with Crippen molar-refractivity contribution in [1.29, 1.82) is 0 Å². The quantitative estimate of drug-likeness (QED) is 0.520. The van der Waals surface area contributed by atoms with Gasteiger partial charge in [-0.25, -0.2) is 9.48 Å². The first-order chi connectivity index (χ1) is 12.5. The molecule has 2 heterocycles. The monoisotopic (exact) mass is 349 g/mol. The topological polar surface area (TPSA) is 113 Å². The van der Waals surface area contributed by atoms with Gasteiger partial charge in [-0.3, -0.25) is 9.59 Å². The van der Waals surface area contributed by atoms with Gasteiger partial charge in [-0.2, -0.15) is 5.10 Å². The number of benzene rings is 2. The summed E-state index contributed by atoms with van der Waals surface area (Å²) in [6, 6.07) is 12.2. The lowest BCUT2D eigenvalue weighted by molar-refractivity contribution is -0.117. The predicted molar refractivity (Wildman–Crippen MR) is 98.3 cm³/mol. The Bertz CT molecular complexity index is 1270. The van der Waals surface area contributed by atoms with Crippen LogP contribution < -0.4 is 16.6 Å². The number of rotatable bonds is 3. The largest absolute Gasteiger partial charge is 0.324 e. The standard InChI is InChI=1S/C18H15N5O3/c1-10-12-4-2-3-5-13(12)17(25)23(22-10)9-16(24)19-11-6-7-14-15(8-11)21-18(26)20-14/h2-8H,9H2,1H3,(H,19,24)(H2,20,21,26). The third-order valence-corrected chi connectivity index (χ3v) is 4.15. The molecule has 26 heavy (non-hydrogen) atoms. The molecule has 0 aliphatic heterocycles. The molecule has 3 N–H and O–H groups in total. The molecule has 0 radical (unpaired) electrons. The molecular formula is C18H15N5O3. The van der Waals surface area contributed by atoms with Gasteiger partial charge >= 0.3 is 5.69 Å². The number of H-pyrrole nitrogens is 2. The molecule has 0 saturated heterocycles. The average molecular weight is 349 g/mol. The van der Waals surface area contributed by atoms with E-state index in [0.29, 0.717) is 27.8 Å². The maximum atomic E-state index is 12.5. The second kappa shape index (κ2) is 5.99. The summed E-state index contributed by atoms with van der Waals surface area (Å²) in [6.07, 6.45) is 0. The normalized spacial score (nSPS) is 11.1. The van der Waals surface area contributed by atoms with Crippen LogP contribution in [0.2, 0.25) is 0 Å². The van der Waals surface area contributed by atoms with Crippen LogP contribution in [0.5, 0.6) is 0 Å². The first-order valence-electron chi connectivity index (χ1n) is 7.99. The molecule has 1 amide bonds. The Morgan fingerprint density at radius 1 is 1.08 bits per heavy atom. The molecule has 0 unspecified atom stereocenters. The van der Waals surface area contributed by atoms with Crippen molar-refractivity contribution in [2.75, 3.05) is 5.32 Å². The fourth-order valence-corrected chi connectivity index (χ4v) is 2.96. The van der Waals surface area contributed by atoms with E-state index in [1.165, 1.54) is 0 Å². The number of aryl methyl sites for hydroxylation is 1. The van der Waals surface area contributed by atoms with Crippen molar-refractivity contribution in [3.05, 3.63) is 69.0 Å². The molecule has 0 atom stereocenters. The summed E-state index contributed by atoms with van der Waals surface area (Å²) in [4.78, 5) is 41.4. The number of amides is 1. The van der Waals surface area contributed by atoms with Gasteiger partial charge in [0.05, 0.1) is 22.1 Å². The van der Waals surface area contributed by atoms with Crippen LogP contribution in [0.4, 0.5) is 5.69 Å². The maximum Gasteiger partial charge on any atom is 0.323 e. The Labute approximate surface area is 146 Å². The van der Waals surface area contributed by atoms with Crippen molar-refractivity contribution in [2.24, 2.45) is 0 Å². The molecule has 130 valence electrons. The van der Waals surface area contributed by atoms with E-state index in [-0.39, 0.29) is 23.7 Å². The first kappa shape index (κ1) is 15.8. The number of anilines is 1. The van der Waals surface area contributed by atoms with Crippen LogP contribution in [0.3, 0.4) is 0 Å². The summed E-state index contributed by atoms with van der Waals surface area (Å²) in [6.45, 7) is 1.60. The highest BCUT2D eigenvalue weighted by Gasteiger charge is 2.11. The molecule has 0 bridgehead atoms. The molecule has 0 fully saturated rings. The number of hydrogen-bond donors (Lipinski definition) is 3. The van der Waals surface area contributed by atoms with Crippen molar-refractivity contribution in [1.82, 2.24) is 19.7 Å².